The zero-order chi connectivity index (χ0) is 5.54. The second-order valence-corrected chi connectivity index (χ2v) is 1.97. The van der Waals surface area contributed by atoms with Crippen LogP contribution in [0.2, 0.25) is 0 Å². The third kappa shape index (κ3) is 5.89. The van der Waals surface area contributed by atoms with E-state index in [0.717, 1.165) is 5.75 Å². The molecule has 0 heterocycles. The van der Waals surface area contributed by atoms with Gasteiger partial charge in [0.2, 0.25) is 0 Å². The summed E-state index contributed by atoms with van der Waals surface area (Å²) in [7, 11) is 1.65. The van der Waals surface area contributed by atoms with Crippen LogP contribution in [-0.2, 0) is 4.74 Å². The molecule has 0 saturated heterocycles. The quantitative estimate of drug-likeness (QED) is 0.519. The van der Waals surface area contributed by atoms with Gasteiger partial charge in [-0.3, -0.25) is 0 Å². The van der Waals surface area contributed by atoms with Gasteiger partial charge in [0.1, 0.15) is 0 Å². The minimum Gasteiger partial charge on any atom is -0.505 e. The van der Waals surface area contributed by atoms with E-state index in [2.05, 4.69) is 11.0 Å². The fourth-order valence-corrected chi connectivity index (χ4v) is 0.503. The largest absolute Gasteiger partial charge is 0.505 e. The number of rotatable bonds is 3. The zero-order valence-electron chi connectivity index (χ0n) is 4.68. The van der Waals surface area contributed by atoms with Crippen molar-refractivity contribution in [3.05, 3.63) is 12.3 Å². The van der Waals surface area contributed by atoms with Crippen molar-refractivity contribution in [1.82, 2.24) is 0 Å². The van der Waals surface area contributed by atoms with Gasteiger partial charge in [0, 0.05) is 5.75 Å². The monoisotopic (exact) mass is 118 g/mol. The lowest BCUT2D eigenvalue weighted by atomic mass is 10.7. The maximum absolute atomic E-state index is 4.65. The van der Waals surface area contributed by atoms with Crippen LogP contribution in [0.3, 0.4) is 0 Å². The molecule has 0 aliphatic rings. The molecule has 0 aliphatic heterocycles. The maximum Gasteiger partial charge on any atom is 0.0793 e. The van der Waals surface area contributed by atoms with Crippen LogP contribution in [0.15, 0.2) is 12.3 Å². The lowest BCUT2D eigenvalue weighted by Crippen LogP contribution is -1.67. The Bertz CT molecular complexity index is 52.0. The van der Waals surface area contributed by atoms with E-state index in [1.54, 1.807) is 25.1 Å². The van der Waals surface area contributed by atoms with Crippen molar-refractivity contribution in [3.63, 3.8) is 0 Å². The van der Waals surface area contributed by atoms with E-state index in [-0.39, 0.29) is 0 Å². The molecule has 0 aromatic carbocycles. The molecule has 0 aromatic heterocycles. The predicted octanol–water partition coefficient (Wildman–Crippen LogP) is 1.51. The third-order valence-electron chi connectivity index (χ3n) is 0.495. The van der Waals surface area contributed by atoms with E-state index in [1.165, 1.54) is 0 Å². The molecule has 0 aliphatic carbocycles. The Morgan fingerprint density at radius 2 is 2.43 bits per heavy atom. The van der Waals surface area contributed by atoms with Crippen LogP contribution in [-0.4, -0.2) is 19.1 Å². The van der Waals surface area contributed by atoms with Crippen LogP contribution in [0.1, 0.15) is 0 Å². The van der Waals surface area contributed by atoms with Gasteiger partial charge in [-0.05, 0) is 12.3 Å². The predicted molar refractivity (Wildman–Crippen MR) is 34.5 cm³/mol. The minimum atomic E-state index is 1.04. The van der Waals surface area contributed by atoms with Crippen molar-refractivity contribution in [2.75, 3.05) is 19.1 Å². The zero-order valence-corrected chi connectivity index (χ0v) is 5.49. The molecule has 0 rings (SSSR count). The number of methoxy groups -OCH3 is 1. The van der Waals surface area contributed by atoms with Gasteiger partial charge in [0.05, 0.1) is 13.4 Å². The normalized spacial score (nSPS) is 10.0. The average Bonchev–Trinajstić information content (AvgIpc) is 1.69. The molecule has 42 valence electrons. The Kier molecular flexibility index (Phi) is 5.80. The lowest BCUT2D eigenvalue weighted by Gasteiger charge is -1.83. The summed E-state index contributed by atoms with van der Waals surface area (Å²) in [5.74, 6) is 1.04. The summed E-state index contributed by atoms with van der Waals surface area (Å²) in [6.07, 6.45) is 5.72. The van der Waals surface area contributed by atoms with Crippen molar-refractivity contribution >= 4 is 11.8 Å². The fourth-order valence-electron chi connectivity index (χ4n) is 0.232. The van der Waals surface area contributed by atoms with E-state index < -0.39 is 0 Å². The molecule has 0 bridgehead atoms. The first-order chi connectivity index (χ1) is 3.41. The Labute approximate surface area is 48.7 Å². The van der Waals surface area contributed by atoms with Crippen molar-refractivity contribution in [3.8, 4) is 0 Å². The fraction of sp³-hybridized carbons (Fsp3) is 0.600. The highest BCUT2D eigenvalue weighted by Crippen LogP contribution is 1.89. The summed E-state index contributed by atoms with van der Waals surface area (Å²) >= 11 is 1.77. The molecular formula is C5H10OS. The van der Waals surface area contributed by atoms with E-state index in [0.29, 0.717) is 0 Å². The van der Waals surface area contributed by atoms with Crippen LogP contribution in [0.4, 0.5) is 0 Å². The third-order valence-corrected chi connectivity index (χ3v) is 1.02. The van der Waals surface area contributed by atoms with Gasteiger partial charge in [-0.2, -0.15) is 11.8 Å². The van der Waals surface area contributed by atoms with E-state index in [9.17, 15) is 0 Å². The summed E-state index contributed by atoms with van der Waals surface area (Å²) in [5, 5.41) is 0. The maximum atomic E-state index is 4.65. The highest BCUT2D eigenvalue weighted by molar-refractivity contribution is 7.98. The first kappa shape index (κ1) is 6.89. The van der Waals surface area contributed by atoms with Crippen LogP contribution in [0, 0.1) is 0 Å². The number of ether oxygens (including phenoxy) is 1. The molecule has 0 radical (unpaired) electrons. The molecular weight excluding hydrogens is 108 g/mol. The molecule has 0 amide bonds. The highest BCUT2D eigenvalue weighted by atomic mass is 32.2. The smallest absolute Gasteiger partial charge is 0.0793 e. The number of hydrogen-bond acceptors (Lipinski definition) is 2. The van der Waals surface area contributed by atoms with Crippen LogP contribution < -0.4 is 0 Å². The Morgan fingerprint density at radius 1 is 1.71 bits per heavy atom. The van der Waals surface area contributed by atoms with Gasteiger partial charge in [0.15, 0.2) is 0 Å². The first-order valence-corrected chi connectivity index (χ1v) is 3.48. The second kappa shape index (κ2) is 5.89. The molecule has 7 heavy (non-hydrogen) atoms. The number of hydrogen-bond donors (Lipinski definition) is 0. The van der Waals surface area contributed by atoms with E-state index in [1.807, 2.05) is 6.08 Å². The topological polar surface area (TPSA) is 9.23 Å². The van der Waals surface area contributed by atoms with Gasteiger partial charge < -0.3 is 4.74 Å². The minimum absolute atomic E-state index is 1.04. The van der Waals surface area contributed by atoms with Crippen molar-refractivity contribution in [2.45, 2.75) is 0 Å². The molecule has 2 heteroatoms. The lowest BCUT2D eigenvalue weighted by molar-refractivity contribution is 0.337. The Morgan fingerprint density at radius 3 is 2.86 bits per heavy atom. The standard InChI is InChI=1S/C5H10OS/c1-6-4-3-5-7-2/h3-4H,5H2,1-2H3/b4-3-. The molecule has 1 nitrogen and oxygen atoms in total. The highest BCUT2D eigenvalue weighted by Gasteiger charge is 1.67. The molecule has 0 fully saturated rings. The van der Waals surface area contributed by atoms with Crippen LogP contribution >= 0.6 is 11.8 Å². The van der Waals surface area contributed by atoms with Gasteiger partial charge in [-0.1, -0.05) is 0 Å². The van der Waals surface area contributed by atoms with Gasteiger partial charge in [-0.25, -0.2) is 0 Å². The number of thioether (sulfide) groups is 1. The summed E-state index contributed by atoms with van der Waals surface area (Å²) in [6.45, 7) is 0. The van der Waals surface area contributed by atoms with Gasteiger partial charge in [0.25, 0.3) is 0 Å². The molecule has 0 N–H and O–H groups in total. The SMILES string of the molecule is CO/C=C\CSC. The summed E-state index contributed by atoms with van der Waals surface area (Å²) < 4.78 is 4.65. The Balaban J connectivity index is 2.78. The van der Waals surface area contributed by atoms with Crippen LogP contribution in [0.5, 0.6) is 0 Å². The van der Waals surface area contributed by atoms with Gasteiger partial charge in [-0.15, -0.1) is 0 Å². The molecule has 0 saturated carbocycles. The van der Waals surface area contributed by atoms with Crippen molar-refractivity contribution < 1.29 is 4.74 Å². The first-order valence-electron chi connectivity index (χ1n) is 2.08. The molecule has 0 atom stereocenters. The summed E-state index contributed by atoms with van der Waals surface area (Å²) in [5.41, 5.74) is 0. The molecule has 0 aromatic rings. The summed E-state index contributed by atoms with van der Waals surface area (Å²) in [6, 6.07) is 0. The summed E-state index contributed by atoms with van der Waals surface area (Å²) in [4.78, 5) is 0. The van der Waals surface area contributed by atoms with E-state index in [4.69, 9.17) is 0 Å². The van der Waals surface area contributed by atoms with Crippen molar-refractivity contribution in [2.24, 2.45) is 0 Å². The van der Waals surface area contributed by atoms with Crippen LogP contribution in [0.25, 0.3) is 0 Å². The van der Waals surface area contributed by atoms with Gasteiger partial charge >= 0.3 is 0 Å². The van der Waals surface area contributed by atoms with Crippen molar-refractivity contribution in [1.29, 1.82) is 0 Å². The van der Waals surface area contributed by atoms with E-state index >= 15 is 0 Å². The molecule has 0 spiro atoms. The molecule has 0 unspecified atom stereocenters. The second-order valence-electron chi connectivity index (χ2n) is 1.06. The average molecular weight is 118 g/mol. The Hall–Kier alpha value is -0.110.